The summed E-state index contributed by atoms with van der Waals surface area (Å²) in [6.07, 6.45) is 0. The van der Waals surface area contributed by atoms with Crippen molar-refractivity contribution in [2.24, 2.45) is 0 Å². The van der Waals surface area contributed by atoms with Crippen molar-refractivity contribution in [2.75, 3.05) is 6.61 Å². The number of carbonyl (C=O) groups is 1. The van der Waals surface area contributed by atoms with Gasteiger partial charge in [0.1, 0.15) is 5.75 Å². The lowest BCUT2D eigenvalue weighted by atomic mass is 9.98. The van der Waals surface area contributed by atoms with E-state index in [4.69, 9.17) is 4.74 Å². The van der Waals surface area contributed by atoms with Crippen LogP contribution >= 0.6 is 0 Å². The standard InChI is InChI=1S/C17H17NO4/c1-11-8-13(3)16(9-12(11)2)17(19)10-22-15-6-4-14(5-7-15)18(20)21/h4-9H,10H2,1-3H3. The lowest BCUT2D eigenvalue weighted by molar-refractivity contribution is -0.384. The molecular formula is C17H17NO4. The van der Waals surface area contributed by atoms with Gasteiger partial charge in [-0.05, 0) is 55.7 Å². The Labute approximate surface area is 128 Å². The van der Waals surface area contributed by atoms with Gasteiger partial charge in [0.2, 0.25) is 0 Å². The van der Waals surface area contributed by atoms with Gasteiger partial charge in [-0.2, -0.15) is 0 Å². The maximum absolute atomic E-state index is 12.2. The van der Waals surface area contributed by atoms with Gasteiger partial charge in [-0.1, -0.05) is 6.07 Å². The number of nitro benzene ring substituents is 1. The Morgan fingerprint density at radius 3 is 2.23 bits per heavy atom. The summed E-state index contributed by atoms with van der Waals surface area (Å²) < 4.78 is 5.41. The van der Waals surface area contributed by atoms with Gasteiger partial charge in [-0.25, -0.2) is 0 Å². The monoisotopic (exact) mass is 299 g/mol. The van der Waals surface area contributed by atoms with Crippen molar-refractivity contribution in [3.63, 3.8) is 0 Å². The number of ether oxygens (including phenoxy) is 1. The molecule has 2 rings (SSSR count). The number of Topliss-reactive ketones (excluding diaryl/α,β-unsaturated/α-hetero) is 1. The molecule has 0 atom stereocenters. The van der Waals surface area contributed by atoms with Gasteiger partial charge in [0.05, 0.1) is 4.92 Å². The molecule has 0 unspecified atom stereocenters. The molecule has 2 aromatic carbocycles. The van der Waals surface area contributed by atoms with E-state index >= 15 is 0 Å². The molecule has 0 aliphatic rings. The van der Waals surface area contributed by atoms with Crippen molar-refractivity contribution in [2.45, 2.75) is 20.8 Å². The van der Waals surface area contributed by atoms with E-state index in [0.29, 0.717) is 11.3 Å². The van der Waals surface area contributed by atoms with Crippen LogP contribution in [0.3, 0.4) is 0 Å². The average Bonchev–Trinajstić information content (AvgIpc) is 2.49. The summed E-state index contributed by atoms with van der Waals surface area (Å²) in [6.45, 7) is 5.76. The van der Waals surface area contributed by atoms with E-state index in [1.54, 1.807) is 0 Å². The van der Waals surface area contributed by atoms with Crippen LogP contribution in [0.15, 0.2) is 36.4 Å². The van der Waals surface area contributed by atoms with E-state index in [2.05, 4.69) is 0 Å². The molecule has 0 saturated carbocycles. The van der Waals surface area contributed by atoms with Crippen LogP contribution in [0.25, 0.3) is 0 Å². The molecular weight excluding hydrogens is 282 g/mol. The van der Waals surface area contributed by atoms with Crippen molar-refractivity contribution >= 4 is 11.5 Å². The first-order chi connectivity index (χ1) is 10.4. The summed E-state index contributed by atoms with van der Waals surface area (Å²) in [5, 5.41) is 10.6. The van der Waals surface area contributed by atoms with Crippen LogP contribution in [0.5, 0.6) is 5.75 Å². The molecule has 5 heteroatoms. The highest BCUT2D eigenvalue weighted by molar-refractivity contribution is 5.98. The van der Waals surface area contributed by atoms with E-state index in [1.807, 2.05) is 32.9 Å². The third-order valence-corrected chi connectivity index (χ3v) is 3.56. The number of hydrogen-bond donors (Lipinski definition) is 0. The minimum Gasteiger partial charge on any atom is -0.485 e. The van der Waals surface area contributed by atoms with E-state index in [-0.39, 0.29) is 18.1 Å². The van der Waals surface area contributed by atoms with Gasteiger partial charge in [-0.15, -0.1) is 0 Å². The van der Waals surface area contributed by atoms with E-state index < -0.39 is 4.92 Å². The minimum absolute atomic E-state index is 0.0105. The molecule has 0 radical (unpaired) electrons. The lowest BCUT2D eigenvalue weighted by Crippen LogP contribution is -2.13. The largest absolute Gasteiger partial charge is 0.485 e. The lowest BCUT2D eigenvalue weighted by Gasteiger charge is -2.10. The van der Waals surface area contributed by atoms with Crippen LogP contribution in [-0.4, -0.2) is 17.3 Å². The minimum atomic E-state index is -0.479. The second kappa shape index (κ2) is 6.39. The van der Waals surface area contributed by atoms with Gasteiger partial charge < -0.3 is 4.74 Å². The normalized spacial score (nSPS) is 10.3. The van der Waals surface area contributed by atoms with Crippen LogP contribution in [-0.2, 0) is 0 Å². The molecule has 0 aliphatic carbocycles. The average molecular weight is 299 g/mol. The van der Waals surface area contributed by atoms with E-state index in [1.165, 1.54) is 24.3 Å². The smallest absolute Gasteiger partial charge is 0.269 e. The molecule has 0 saturated heterocycles. The van der Waals surface area contributed by atoms with Crippen molar-refractivity contribution in [1.29, 1.82) is 0 Å². The highest BCUT2D eigenvalue weighted by Crippen LogP contribution is 2.19. The van der Waals surface area contributed by atoms with E-state index in [0.717, 1.165) is 16.7 Å². The zero-order chi connectivity index (χ0) is 16.3. The summed E-state index contributed by atoms with van der Waals surface area (Å²) in [5.74, 6) is 0.319. The quantitative estimate of drug-likeness (QED) is 0.478. The predicted octanol–water partition coefficient (Wildman–Crippen LogP) is 3.78. The topological polar surface area (TPSA) is 69.4 Å². The fourth-order valence-electron chi connectivity index (χ4n) is 2.15. The van der Waals surface area contributed by atoms with Crippen LogP contribution < -0.4 is 4.74 Å². The first kappa shape index (κ1) is 15.7. The van der Waals surface area contributed by atoms with Crippen LogP contribution in [0.2, 0.25) is 0 Å². The van der Waals surface area contributed by atoms with Crippen LogP contribution in [0, 0.1) is 30.9 Å². The highest BCUT2D eigenvalue weighted by Gasteiger charge is 2.12. The molecule has 0 fully saturated rings. The van der Waals surface area contributed by atoms with Gasteiger partial charge >= 0.3 is 0 Å². The van der Waals surface area contributed by atoms with Gasteiger partial charge in [0.15, 0.2) is 12.4 Å². The van der Waals surface area contributed by atoms with Crippen molar-refractivity contribution in [1.82, 2.24) is 0 Å². The predicted molar refractivity (Wildman–Crippen MR) is 83.6 cm³/mol. The number of carbonyl (C=O) groups excluding carboxylic acids is 1. The number of nitrogens with zero attached hydrogens (tertiary/aromatic N) is 1. The molecule has 0 amide bonds. The molecule has 2 aromatic rings. The van der Waals surface area contributed by atoms with Gasteiger partial charge in [0, 0.05) is 17.7 Å². The molecule has 0 bridgehead atoms. The Balaban J connectivity index is 2.07. The van der Waals surface area contributed by atoms with Crippen LogP contribution in [0.1, 0.15) is 27.0 Å². The second-order valence-electron chi connectivity index (χ2n) is 5.21. The Hall–Kier alpha value is -2.69. The number of aryl methyl sites for hydroxylation is 3. The second-order valence-corrected chi connectivity index (χ2v) is 5.21. The Morgan fingerprint density at radius 1 is 1.05 bits per heavy atom. The van der Waals surface area contributed by atoms with Crippen molar-refractivity contribution in [3.8, 4) is 5.75 Å². The number of ketones is 1. The number of benzene rings is 2. The molecule has 0 aliphatic heterocycles. The molecule has 0 heterocycles. The summed E-state index contributed by atoms with van der Waals surface area (Å²) in [4.78, 5) is 22.3. The Kier molecular flexibility index (Phi) is 4.56. The molecule has 5 nitrogen and oxygen atoms in total. The van der Waals surface area contributed by atoms with Gasteiger partial charge in [-0.3, -0.25) is 14.9 Å². The highest BCUT2D eigenvalue weighted by atomic mass is 16.6. The number of nitro groups is 1. The number of hydrogen-bond acceptors (Lipinski definition) is 4. The fourth-order valence-corrected chi connectivity index (χ4v) is 2.15. The SMILES string of the molecule is Cc1cc(C)c(C(=O)COc2ccc([N+](=O)[O-])cc2)cc1C. The molecule has 0 aromatic heterocycles. The van der Waals surface area contributed by atoms with Crippen molar-refractivity contribution in [3.05, 3.63) is 68.8 Å². The fraction of sp³-hybridized carbons (Fsp3) is 0.235. The maximum atomic E-state index is 12.2. The Bertz CT molecular complexity index is 720. The zero-order valence-corrected chi connectivity index (χ0v) is 12.8. The van der Waals surface area contributed by atoms with Crippen LogP contribution in [0.4, 0.5) is 5.69 Å². The van der Waals surface area contributed by atoms with E-state index in [9.17, 15) is 14.9 Å². The first-order valence-corrected chi connectivity index (χ1v) is 6.87. The summed E-state index contributed by atoms with van der Waals surface area (Å²) >= 11 is 0. The zero-order valence-electron chi connectivity index (χ0n) is 12.8. The first-order valence-electron chi connectivity index (χ1n) is 6.87. The van der Waals surface area contributed by atoms with Gasteiger partial charge in [0.25, 0.3) is 5.69 Å². The molecule has 0 spiro atoms. The van der Waals surface area contributed by atoms with Crippen molar-refractivity contribution < 1.29 is 14.5 Å². The third-order valence-electron chi connectivity index (χ3n) is 3.56. The summed E-state index contributed by atoms with van der Waals surface area (Å²) in [7, 11) is 0. The third kappa shape index (κ3) is 3.49. The number of non-ortho nitro benzene ring substituents is 1. The molecule has 0 N–H and O–H groups in total. The summed E-state index contributed by atoms with van der Waals surface area (Å²) in [5.41, 5.74) is 3.75. The molecule has 114 valence electrons. The number of rotatable bonds is 5. The maximum Gasteiger partial charge on any atom is 0.269 e. The summed E-state index contributed by atoms with van der Waals surface area (Å²) in [6, 6.07) is 9.51. The Morgan fingerprint density at radius 2 is 1.64 bits per heavy atom. The molecule has 22 heavy (non-hydrogen) atoms.